The van der Waals surface area contributed by atoms with Gasteiger partial charge in [0.1, 0.15) is 0 Å². The lowest BCUT2D eigenvalue weighted by atomic mass is 9.85. The summed E-state index contributed by atoms with van der Waals surface area (Å²) in [6, 6.07) is 6.57. The topological polar surface area (TPSA) is 55.1 Å². The second-order valence-corrected chi connectivity index (χ2v) is 5.70. The highest BCUT2D eigenvalue weighted by Crippen LogP contribution is 2.24. The van der Waals surface area contributed by atoms with Crippen LogP contribution < -0.4 is 11.1 Å². The van der Waals surface area contributed by atoms with Crippen LogP contribution in [0, 0.1) is 6.92 Å². The van der Waals surface area contributed by atoms with Gasteiger partial charge in [0.2, 0.25) is 5.91 Å². The molecule has 1 rings (SSSR count). The molecule has 0 radical (unpaired) electrons. The van der Waals surface area contributed by atoms with E-state index in [1.165, 1.54) is 16.7 Å². The smallest absolute Gasteiger partial charge is 0.233 e. The molecule has 0 aliphatic heterocycles. The Morgan fingerprint density at radius 1 is 1.33 bits per heavy atom. The fourth-order valence-electron chi connectivity index (χ4n) is 1.82. The summed E-state index contributed by atoms with van der Waals surface area (Å²) >= 11 is 0. The summed E-state index contributed by atoms with van der Waals surface area (Å²) in [5, 5.41) is 2.80. The summed E-state index contributed by atoms with van der Waals surface area (Å²) in [4.78, 5) is 11.1. The molecule has 0 fully saturated rings. The third kappa shape index (κ3) is 4.15. The molecule has 0 saturated carbocycles. The van der Waals surface area contributed by atoms with Gasteiger partial charge < -0.3 is 11.1 Å². The molecular formula is C15H24N2O. The molecule has 0 saturated heterocycles. The molecule has 1 aromatic carbocycles. The number of aryl methyl sites for hydroxylation is 1. The predicted octanol–water partition coefficient (Wildman–Crippen LogP) is 1.91. The summed E-state index contributed by atoms with van der Waals surface area (Å²) < 4.78 is 0. The maximum atomic E-state index is 11.1. The van der Waals surface area contributed by atoms with Gasteiger partial charge in [0.25, 0.3) is 0 Å². The number of nitrogens with one attached hydrogen (secondary N) is 1. The van der Waals surface area contributed by atoms with E-state index >= 15 is 0 Å². The molecule has 0 aliphatic carbocycles. The van der Waals surface area contributed by atoms with Crippen molar-refractivity contribution in [1.29, 1.82) is 0 Å². The summed E-state index contributed by atoms with van der Waals surface area (Å²) in [7, 11) is 0. The lowest BCUT2D eigenvalue weighted by molar-refractivity contribution is -0.119. The number of carbonyl (C=O) groups excluding carboxylic acids is 1. The summed E-state index contributed by atoms with van der Waals surface area (Å²) in [6.07, 6.45) is 0.849. The Labute approximate surface area is 110 Å². The molecule has 3 N–H and O–H groups in total. The Balaban J connectivity index is 2.73. The van der Waals surface area contributed by atoms with Crippen molar-refractivity contribution in [3.63, 3.8) is 0 Å². The molecule has 0 aromatic heterocycles. The third-order valence-corrected chi connectivity index (χ3v) is 3.12. The van der Waals surface area contributed by atoms with E-state index in [-0.39, 0.29) is 17.9 Å². The fourth-order valence-corrected chi connectivity index (χ4v) is 1.82. The molecule has 0 unspecified atom stereocenters. The minimum atomic E-state index is -0.0976. The molecule has 1 amide bonds. The number of rotatable bonds is 4. The van der Waals surface area contributed by atoms with Crippen LogP contribution in [0.4, 0.5) is 0 Å². The van der Waals surface area contributed by atoms with Crippen LogP contribution in [0.1, 0.15) is 37.5 Å². The molecule has 18 heavy (non-hydrogen) atoms. The Morgan fingerprint density at radius 3 is 2.56 bits per heavy atom. The zero-order chi connectivity index (χ0) is 13.8. The zero-order valence-corrected chi connectivity index (χ0v) is 11.8. The van der Waals surface area contributed by atoms with Crippen LogP contribution in [0.3, 0.4) is 0 Å². The minimum Gasteiger partial charge on any atom is -0.355 e. The standard InChI is InChI=1S/C15H24N2O/c1-11-5-6-13(15(2,3)4)9-12(11)7-8-17-14(18)10-16/h5-6,9H,7-8,10,16H2,1-4H3,(H,17,18). The lowest BCUT2D eigenvalue weighted by Gasteiger charge is -2.21. The minimum absolute atomic E-state index is 0.0566. The summed E-state index contributed by atoms with van der Waals surface area (Å²) in [6.45, 7) is 9.42. The van der Waals surface area contributed by atoms with Crippen molar-refractivity contribution in [2.75, 3.05) is 13.1 Å². The first kappa shape index (κ1) is 14.7. The molecule has 1 aromatic rings. The van der Waals surface area contributed by atoms with Crippen molar-refractivity contribution in [2.45, 2.75) is 39.5 Å². The number of hydrogen-bond acceptors (Lipinski definition) is 2. The average Bonchev–Trinajstić information content (AvgIpc) is 2.29. The van der Waals surface area contributed by atoms with Gasteiger partial charge in [-0.05, 0) is 35.4 Å². The highest BCUT2D eigenvalue weighted by molar-refractivity contribution is 5.77. The van der Waals surface area contributed by atoms with Gasteiger partial charge in [-0.2, -0.15) is 0 Å². The van der Waals surface area contributed by atoms with Crippen LogP contribution in [-0.4, -0.2) is 19.0 Å². The van der Waals surface area contributed by atoms with Gasteiger partial charge >= 0.3 is 0 Å². The van der Waals surface area contributed by atoms with Gasteiger partial charge in [0.05, 0.1) is 6.54 Å². The van der Waals surface area contributed by atoms with Crippen molar-refractivity contribution in [1.82, 2.24) is 5.32 Å². The van der Waals surface area contributed by atoms with Crippen molar-refractivity contribution < 1.29 is 4.79 Å². The molecule has 100 valence electrons. The van der Waals surface area contributed by atoms with E-state index < -0.39 is 0 Å². The first-order valence-electron chi connectivity index (χ1n) is 6.41. The number of nitrogens with two attached hydrogens (primary N) is 1. The quantitative estimate of drug-likeness (QED) is 0.855. The largest absolute Gasteiger partial charge is 0.355 e. The number of hydrogen-bond donors (Lipinski definition) is 2. The van der Waals surface area contributed by atoms with E-state index in [1.54, 1.807) is 0 Å². The second kappa shape index (κ2) is 6.01. The van der Waals surface area contributed by atoms with Crippen molar-refractivity contribution >= 4 is 5.91 Å². The van der Waals surface area contributed by atoms with Crippen LogP contribution in [0.25, 0.3) is 0 Å². The Bertz CT molecular complexity index is 419. The molecule has 0 heterocycles. The molecular weight excluding hydrogens is 224 g/mol. The molecule has 0 bridgehead atoms. The van der Waals surface area contributed by atoms with E-state index in [1.807, 2.05) is 0 Å². The summed E-state index contributed by atoms with van der Waals surface area (Å²) in [5.41, 5.74) is 9.29. The normalized spacial score (nSPS) is 11.4. The van der Waals surface area contributed by atoms with Gasteiger partial charge in [-0.3, -0.25) is 4.79 Å². The molecule has 3 heteroatoms. The molecule has 0 spiro atoms. The van der Waals surface area contributed by atoms with Crippen molar-refractivity contribution in [2.24, 2.45) is 5.73 Å². The van der Waals surface area contributed by atoms with Crippen molar-refractivity contribution in [3.8, 4) is 0 Å². The maximum Gasteiger partial charge on any atom is 0.233 e. The Kier molecular flexibility index (Phi) is 4.91. The number of benzene rings is 1. The first-order valence-corrected chi connectivity index (χ1v) is 6.41. The summed E-state index contributed by atoms with van der Waals surface area (Å²) in [5.74, 6) is -0.0976. The van der Waals surface area contributed by atoms with Gasteiger partial charge in [0.15, 0.2) is 0 Å². The molecule has 0 atom stereocenters. The first-order chi connectivity index (χ1) is 8.34. The lowest BCUT2D eigenvalue weighted by Crippen LogP contribution is -2.31. The molecule has 0 aliphatic rings. The SMILES string of the molecule is Cc1ccc(C(C)(C)C)cc1CCNC(=O)CN. The van der Waals surface area contributed by atoms with Gasteiger partial charge in [0, 0.05) is 6.54 Å². The third-order valence-electron chi connectivity index (χ3n) is 3.12. The van der Waals surface area contributed by atoms with Crippen LogP contribution in [-0.2, 0) is 16.6 Å². The predicted molar refractivity (Wildman–Crippen MR) is 75.6 cm³/mol. The number of carbonyl (C=O) groups is 1. The van der Waals surface area contributed by atoms with E-state index in [0.717, 1.165) is 6.42 Å². The van der Waals surface area contributed by atoms with E-state index in [0.29, 0.717) is 6.54 Å². The van der Waals surface area contributed by atoms with E-state index in [4.69, 9.17) is 5.73 Å². The Morgan fingerprint density at radius 2 is 2.00 bits per heavy atom. The van der Waals surface area contributed by atoms with E-state index in [2.05, 4.69) is 51.2 Å². The van der Waals surface area contributed by atoms with Crippen LogP contribution in [0.2, 0.25) is 0 Å². The van der Waals surface area contributed by atoms with E-state index in [9.17, 15) is 4.79 Å². The highest BCUT2D eigenvalue weighted by atomic mass is 16.1. The van der Waals surface area contributed by atoms with Crippen LogP contribution in [0.5, 0.6) is 0 Å². The molecule has 3 nitrogen and oxygen atoms in total. The van der Waals surface area contributed by atoms with Crippen LogP contribution >= 0.6 is 0 Å². The number of amides is 1. The van der Waals surface area contributed by atoms with Crippen LogP contribution in [0.15, 0.2) is 18.2 Å². The van der Waals surface area contributed by atoms with Gasteiger partial charge in [-0.1, -0.05) is 39.0 Å². The highest BCUT2D eigenvalue weighted by Gasteiger charge is 2.14. The monoisotopic (exact) mass is 248 g/mol. The Hall–Kier alpha value is -1.35. The maximum absolute atomic E-state index is 11.1. The fraction of sp³-hybridized carbons (Fsp3) is 0.533. The average molecular weight is 248 g/mol. The zero-order valence-electron chi connectivity index (χ0n) is 11.8. The van der Waals surface area contributed by atoms with Gasteiger partial charge in [-0.25, -0.2) is 0 Å². The van der Waals surface area contributed by atoms with Gasteiger partial charge in [-0.15, -0.1) is 0 Å². The van der Waals surface area contributed by atoms with Crippen molar-refractivity contribution in [3.05, 3.63) is 34.9 Å². The second-order valence-electron chi connectivity index (χ2n) is 5.70.